The molecule has 0 unspecified atom stereocenters. The van der Waals surface area contributed by atoms with Gasteiger partial charge in [0.1, 0.15) is 0 Å². The summed E-state index contributed by atoms with van der Waals surface area (Å²) in [7, 11) is 0. The van der Waals surface area contributed by atoms with Crippen molar-refractivity contribution in [2.24, 2.45) is 0 Å². The highest BCUT2D eigenvalue weighted by molar-refractivity contribution is 6.39. The van der Waals surface area contributed by atoms with Gasteiger partial charge in [-0.25, -0.2) is 0 Å². The maximum Gasteiger partial charge on any atom is 0.0969 e. The SMILES string of the molecule is c1ccc(-c2cc(-c3ccccc3)cc(-n3c4cccnc4c4c5ccc6cc7c(c8ccc(cc43)c5c68)c3ncccc3n7-c3cc(-c4ccccc4)cc(-c4ccccc4)c3)c2)cc1.c1ccc2cc3cc(-n4c5cccnc5c5c6ccc7cc8c(c9ccc(cc54)c6c79)c4ncccc4n8-c4ccc5cc6ccccc6cc5c4)ccc3cc2c1. The van der Waals surface area contributed by atoms with E-state index in [4.69, 9.17) is 19.9 Å². The summed E-state index contributed by atoms with van der Waals surface area (Å²) in [5.74, 6) is 0. The third kappa shape index (κ3) is 10.2. The fourth-order valence-electron chi connectivity index (χ4n) is 21.1. The van der Waals surface area contributed by atoms with Gasteiger partial charge >= 0.3 is 0 Å². The number of hydrogen-bond acceptors (Lipinski definition) is 4. The molecule has 20 aromatic carbocycles. The van der Waals surface area contributed by atoms with E-state index in [2.05, 4.69) is 407 Å². The second-order valence-corrected chi connectivity index (χ2v) is 33.2. The van der Waals surface area contributed by atoms with Gasteiger partial charge in [0.25, 0.3) is 0 Å². The van der Waals surface area contributed by atoms with Crippen molar-refractivity contribution in [1.82, 2.24) is 38.2 Å². The lowest BCUT2D eigenvalue weighted by molar-refractivity contribution is 1.18. The van der Waals surface area contributed by atoms with E-state index in [0.29, 0.717) is 0 Å². The molecule has 28 aromatic rings. The minimum atomic E-state index is 0.993. The minimum Gasteiger partial charge on any atom is -0.308 e. The molecule has 8 nitrogen and oxygen atoms in total. The van der Waals surface area contributed by atoms with E-state index in [-0.39, 0.29) is 0 Å². The molecule has 0 saturated carbocycles. The summed E-state index contributed by atoms with van der Waals surface area (Å²) in [6, 6.07) is 142. The Bertz CT molecular complexity index is 8710. The molecule has 572 valence electrons. The molecule has 8 aromatic heterocycles. The van der Waals surface area contributed by atoms with Gasteiger partial charge in [0, 0.05) is 69.1 Å². The number of aromatic nitrogens is 8. The second kappa shape index (κ2) is 26.4. The van der Waals surface area contributed by atoms with E-state index in [1.807, 2.05) is 24.8 Å². The molecule has 0 bridgehead atoms. The molecule has 0 aliphatic carbocycles. The van der Waals surface area contributed by atoms with Crippen molar-refractivity contribution in [3.05, 3.63) is 413 Å². The Morgan fingerprint density at radius 1 is 0.137 bits per heavy atom. The smallest absolute Gasteiger partial charge is 0.0969 e. The van der Waals surface area contributed by atoms with Crippen molar-refractivity contribution >= 4 is 195 Å². The quantitative estimate of drug-likeness (QED) is 0.112. The van der Waals surface area contributed by atoms with E-state index in [9.17, 15) is 0 Å². The van der Waals surface area contributed by atoms with Crippen LogP contribution in [0.1, 0.15) is 0 Å². The van der Waals surface area contributed by atoms with Gasteiger partial charge in [-0.15, -0.1) is 0 Å². The van der Waals surface area contributed by atoms with Crippen molar-refractivity contribution in [3.8, 4) is 67.3 Å². The van der Waals surface area contributed by atoms with Gasteiger partial charge in [-0.05, 0) is 310 Å². The van der Waals surface area contributed by atoms with E-state index in [1.165, 1.54) is 163 Å². The van der Waals surface area contributed by atoms with Crippen molar-refractivity contribution in [3.63, 3.8) is 0 Å². The Balaban J connectivity index is 0.000000131. The maximum atomic E-state index is 5.15. The maximum absolute atomic E-state index is 5.15. The van der Waals surface area contributed by atoms with Gasteiger partial charge < -0.3 is 18.3 Å². The Morgan fingerprint density at radius 2 is 0.379 bits per heavy atom. The highest BCUT2D eigenvalue weighted by Gasteiger charge is 2.28. The van der Waals surface area contributed by atoms with E-state index in [1.54, 1.807) is 0 Å². The van der Waals surface area contributed by atoms with Crippen LogP contribution in [0.4, 0.5) is 0 Å². The lowest BCUT2D eigenvalue weighted by Gasteiger charge is -2.16. The highest BCUT2D eigenvalue weighted by atomic mass is 15.0. The van der Waals surface area contributed by atoms with Crippen LogP contribution in [0.5, 0.6) is 0 Å². The van der Waals surface area contributed by atoms with Crippen molar-refractivity contribution in [1.29, 1.82) is 0 Å². The number of pyridine rings is 4. The van der Waals surface area contributed by atoms with Gasteiger partial charge in [0.2, 0.25) is 0 Å². The summed E-state index contributed by atoms with van der Waals surface area (Å²) in [6.07, 6.45) is 7.71. The van der Waals surface area contributed by atoms with Crippen LogP contribution in [0.25, 0.3) is 263 Å². The van der Waals surface area contributed by atoms with Crippen LogP contribution < -0.4 is 0 Å². The molecule has 0 amide bonds. The summed E-state index contributed by atoms with van der Waals surface area (Å²) in [6.45, 7) is 0. The fourth-order valence-corrected chi connectivity index (χ4v) is 21.1. The number of rotatable bonds is 8. The summed E-state index contributed by atoms with van der Waals surface area (Å²) in [4.78, 5) is 20.4. The predicted octanol–water partition coefficient (Wildman–Crippen LogP) is 30.4. The molecule has 124 heavy (non-hydrogen) atoms. The Hall–Kier alpha value is -16.7. The van der Waals surface area contributed by atoms with Crippen LogP contribution in [-0.2, 0) is 0 Å². The van der Waals surface area contributed by atoms with Gasteiger partial charge in [0.15, 0.2) is 0 Å². The van der Waals surface area contributed by atoms with Gasteiger partial charge in [-0.1, -0.05) is 231 Å². The second-order valence-electron chi connectivity index (χ2n) is 33.2. The number of nitrogens with zero attached hydrogens (tertiary/aromatic N) is 8. The van der Waals surface area contributed by atoms with Crippen LogP contribution in [-0.4, -0.2) is 38.2 Å². The molecular formula is C116H68N8. The Morgan fingerprint density at radius 3 is 0.661 bits per heavy atom. The van der Waals surface area contributed by atoms with Crippen LogP contribution in [0.15, 0.2) is 413 Å². The first-order chi connectivity index (χ1) is 61.5. The third-order valence-corrected chi connectivity index (χ3v) is 26.4. The minimum absolute atomic E-state index is 0.993. The Kier molecular flexibility index (Phi) is 14.5. The summed E-state index contributed by atoms with van der Waals surface area (Å²) < 4.78 is 9.66. The topological polar surface area (TPSA) is 71.3 Å². The van der Waals surface area contributed by atoms with E-state index < -0.39 is 0 Å². The molecule has 0 fully saturated rings. The summed E-state index contributed by atoms with van der Waals surface area (Å²) in [5, 5.41) is 29.3. The Labute approximate surface area is 709 Å². The number of benzene rings is 20. The summed E-state index contributed by atoms with van der Waals surface area (Å²) in [5.41, 5.74) is 26.8. The largest absolute Gasteiger partial charge is 0.308 e. The van der Waals surface area contributed by atoms with Gasteiger partial charge in [-0.2, -0.15) is 0 Å². The first-order valence-electron chi connectivity index (χ1n) is 42.4. The molecule has 0 aliphatic rings. The van der Waals surface area contributed by atoms with Crippen molar-refractivity contribution in [2.45, 2.75) is 0 Å². The zero-order chi connectivity index (χ0) is 80.9. The molecule has 0 aliphatic heterocycles. The molecule has 8 heterocycles. The molecule has 0 radical (unpaired) electrons. The normalized spacial score (nSPS) is 12.2. The van der Waals surface area contributed by atoms with Crippen LogP contribution >= 0.6 is 0 Å². The molecule has 28 rings (SSSR count). The number of hydrogen-bond donors (Lipinski definition) is 0. The molecule has 0 saturated heterocycles. The first-order valence-corrected chi connectivity index (χ1v) is 42.4. The van der Waals surface area contributed by atoms with Gasteiger partial charge in [-0.3, -0.25) is 19.9 Å². The lowest BCUT2D eigenvalue weighted by Crippen LogP contribution is -1.97. The molecule has 8 heteroatoms. The first kappa shape index (κ1) is 68.3. The van der Waals surface area contributed by atoms with E-state index in [0.717, 1.165) is 99.7 Å². The standard InChI is InChI=1S/C62H38N4.C54H30N4/c1-5-15-39(16-6-1)45-31-46(40-17-7-2-8-18-40)34-49(33-45)65-53-23-13-29-63-61(53)59-51-27-26-44-38-56-60(52-28-25-43(37-55(59)65)57(51)58(44)52)62-54(24-14-30-64-62)66(56)50-35-47(41-19-9-3-10-20-41)32-48(36-50)42-21-11-4-12-22-42;1-3-9-33-25-39-27-41(17-13-35(39)23-31(33)7-1)57-45-11-5-21-55-53(45)51-43-19-16-38-30-48-52(44-20-15-37(29-47(51)57)49(43)50(38)44)54-46(12-6-22-56-54)58(48)42-18-14-36-24-32-8-2-4-10-34(32)26-40(36)28-42/h1-38H;1-30H. The molecule has 0 spiro atoms. The molecular weight excluding hydrogens is 1510 g/mol. The molecule has 0 N–H and O–H groups in total. The van der Waals surface area contributed by atoms with E-state index >= 15 is 0 Å². The number of fused-ring (bicyclic) bond motifs is 20. The monoisotopic (exact) mass is 1570 g/mol. The predicted molar refractivity (Wildman–Crippen MR) is 521 cm³/mol. The van der Waals surface area contributed by atoms with Crippen LogP contribution in [0.2, 0.25) is 0 Å². The summed E-state index contributed by atoms with van der Waals surface area (Å²) >= 11 is 0. The molecule has 0 atom stereocenters. The lowest BCUT2D eigenvalue weighted by atomic mass is 9.90. The average molecular weight is 1570 g/mol. The van der Waals surface area contributed by atoms with Gasteiger partial charge in [0.05, 0.1) is 66.2 Å². The van der Waals surface area contributed by atoms with Crippen LogP contribution in [0.3, 0.4) is 0 Å². The zero-order valence-corrected chi connectivity index (χ0v) is 66.8. The van der Waals surface area contributed by atoms with Crippen LogP contribution in [0, 0.1) is 0 Å². The average Bonchev–Trinajstić information content (AvgIpc) is 1.49. The van der Waals surface area contributed by atoms with Crippen molar-refractivity contribution < 1.29 is 0 Å². The third-order valence-electron chi connectivity index (χ3n) is 26.4. The fraction of sp³-hybridized carbons (Fsp3) is 0. The highest BCUT2D eigenvalue weighted by Crippen LogP contribution is 2.51. The van der Waals surface area contributed by atoms with Crippen molar-refractivity contribution in [2.75, 3.05) is 0 Å². The zero-order valence-electron chi connectivity index (χ0n) is 66.8.